The molecule has 0 bridgehead atoms. The van der Waals surface area contributed by atoms with E-state index in [2.05, 4.69) is 20.7 Å². The number of halogens is 1. The van der Waals surface area contributed by atoms with Gasteiger partial charge < -0.3 is 5.11 Å². The van der Waals surface area contributed by atoms with Crippen molar-refractivity contribution in [3.8, 4) is 0 Å². The quantitative estimate of drug-likeness (QED) is 0.859. The van der Waals surface area contributed by atoms with Gasteiger partial charge in [0, 0.05) is 11.4 Å². The number of thiophene rings is 1. The summed E-state index contributed by atoms with van der Waals surface area (Å²) in [4.78, 5) is 1.03. The van der Waals surface area contributed by atoms with E-state index in [1.807, 2.05) is 12.1 Å². The Kier molecular flexibility index (Phi) is 4.75. The highest BCUT2D eigenvalue weighted by atomic mass is 79.9. The molecule has 1 aromatic heterocycles. The predicted octanol–water partition coefficient (Wildman–Crippen LogP) is 2.48. The topological polar surface area (TPSA) is 66.4 Å². The van der Waals surface area contributed by atoms with Crippen molar-refractivity contribution in [1.29, 1.82) is 0 Å². The van der Waals surface area contributed by atoms with E-state index in [1.54, 1.807) is 18.2 Å². The second kappa shape index (κ2) is 6.15. The second-order valence-electron chi connectivity index (χ2n) is 3.80. The fourth-order valence-corrected chi connectivity index (χ4v) is 4.34. The number of aliphatic hydroxyl groups is 1. The molecule has 0 radical (unpaired) electrons. The highest BCUT2D eigenvalue weighted by Gasteiger charge is 2.17. The van der Waals surface area contributed by atoms with Crippen LogP contribution in [-0.2, 0) is 23.2 Å². The van der Waals surface area contributed by atoms with Crippen LogP contribution in [0.1, 0.15) is 10.4 Å². The van der Waals surface area contributed by atoms with E-state index in [-0.39, 0.29) is 18.0 Å². The fraction of sp³-hybridized carbons (Fsp3) is 0.167. The van der Waals surface area contributed by atoms with E-state index in [0.29, 0.717) is 5.56 Å². The second-order valence-corrected chi connectivity index (χ2v) is 8.08. The van der Waals surface area contributed by atoms with Crippen molar-refractivity contribution in [3.63, 3.8) is 0 Å². The summed E-state index contributed by atoms with van der Waals surface area (Å²) < 4.78 is 27.8. The molecular weight excluding hydrogens is 350 g/mol. The predicted molar refractivity (Wildman–Crippen MR) is 78.4 cm³/mol. The van der Waals surface area contributed by atoms with Crippen LogP contribution in [0, 0.1) is 0 Å². The molecule has 1 heterocycles. The molecule has 0 saturated carbocycles. The van der Waals surface area contributed by atoms with Crippen molar-refractivity contribution in [2.45, 2.75) is 18.0 Å². The van der Waals surface area contributed by atoms with Crippen LogP contribution >= 0.6 is 27.3 Å². The van der Waals surface area contributed by atoms with E-state index >= 15 is 0 Å². The van der Waals surface area contributed by atoms with Crippen LogP contribution in [0.5, 0.6) is 0 Å². The van der Waals surface area contributed by atoms with Gasteiger partial charge in [-0.3, -0.25) is 0 Å². The maximum Gasteiger partial charge on any atom is 0.241 e. The Morgan fingerprint density at radius 1 is 1.21 bits per heavy atom. The first-order valence-corrected chi connectivity index (χ1v) is 8.55. The van der Waals surface area contributed by atoms with Gasteiger partial charge in [0.1, 0.15) is 0 Å². The highest BCUT2D eigenvalue weighted by Crippen LogP contribution is 2.22. The number of hydrogen-bond donors (Lipinski definition) is 2. The molecule has 7 heteroatoms. The van der Waals surface area contributed by atoms with Crippen molar-refractivity contribution in [2.24, 2.45) is 0 Å². The Balaban J connectivity index is 2.18. The Hall–Kier alpha value is -0.730. The molecular formula is C12H12BrNO3S2. The highest BCUT2D eigenvalue weighted by molar-refractivity contribution is 9.11. The van der Waals surface area contributed by atoms with Crippen LogP contribution in [0.25, 0.3) is 0 Å². The lowest BCUT2D eigenvalue weighted by Gasteiger charge is -2.09. The number of nitrogens with one attached hydrogen (secondary N) is 1. The first-order valence-electron chi connectivity index (χ1n) is 5.45. The molecule has 0 unspecified atom stereocenters. The van der Waals surface area contributed by atoms with Crippen LogP contribution in [0.2, 0.25) is 0 Å². The lowest BCUT2D eigenvalue weighted by atomic mass is 10.2. The van der Waals surface area contributed by atoms with Gasteiger partial charge in [-0.2, -0.15) is 0 Å². The molecule has 0 aliphatic heterocycles. The summed E-state index contributed by atoms with van der Waals surface area (Å²) in [5, 5.41) is 9.17. The Bertz CT molecular complexity index is 667. The molecule has 0 atom stereocenters. The Morgan fingerprint density at radius 3 is 2.58 bits per heavy atom. The fourth-order valence-electron chi connectivity index (χ4n) is 1.59. The van der Waals surface area contributed by atoms with Crippen LogP contribution < -0.4 is 4.72 Å². The van der Waals surface area contributed by atoms with E-state index in [4.69, 9.17) is 0 Å². The normalized spacial score (nSPS) is 11.7. The first-order chi connectivity index (χ1) is 9.03. The average molecular weight is 362 g/mol. The number of sulfonamides is 1. The molecule has 2 rings (SSSR count). The summed E-state index contributed by atoms with van der Waals surface area (Å²) in [5.74, 6) is 0. The van der Waals surface area contributed by atoms with Gasteiger partial charge in [0.2, 0.25) is 10.0 Å². The van der Waals surface area contributed by atoms with Crippen LogP contribution in [0.4, 0.5) is 0 Å². The Labute approximate surface area is 124 Å². The summed E-state index contributed by atoms with van der Waals surface area (Å²) in [6.07, 6.45) is 0. The summed E-state index contributed by atoms with van der Waals surface area (Å²) in [5.41, 5.74) is 0.391. The maximum atomic E-state index is 12.2. The average Bonchev–Trinajstić information content (AvgIpc) is 2.82. The molecule has 1 aromatic carbocycles. The standard InChI is InChI=1S/C12H12BrNO3S2/c13-12-6-5-10(18-12)7-14-19(16,17)11-4-2-1-3-9(11)8-15/h1-6,14-15H,7-8H2. The van der Waals surface area contributed by atoms with Gasteiger partial charge in [-0.15, -0.1) is 11.3 Å². The third kappa shape index (κ3) is 3.64. The monoisotopic (exact) mass is 361 g/mol. The van der Waals surface area contributed by atoms with Crippen molar-refractivity contribution >= 4 is 37.3 Å². The van der Waals surface area contributed by atoms with Crippen LogP contribution in [0.15, 0.2) is 45.1 Å². The minimum atomic E-state index is -3.61. The molecule has 0 amide bonds. The van der Waals surface area contributed by atoms with Crippen molar-refractivity contribution < 1.29 is 13.5 Å². The molecule has 0 aliphatic carbocycles. The largest absolute Gasteiger partial charge is 0.392 e. The zero-order valence-corrected chi connectivity index (χ0v) is 13.1. The molecule has 102 valence electrons. The summed E-state index contributed by atoms with van der Waals surface area (Å²) in [6.45, 7) is -0.0694. The van der Waals surface area contributed by atoms with Gasteiger partial charge in [0.15, 0.2) is 0 Å². The lowest BCUT2D eigenvalue weighted by Crippen LogP contribution is -2.24. The van der Waals surface area contributed by atoms with Gasteiger partial charge in [-0.1, -0.05) is 18.2 Å². The number of rotatable bonds is 5. The maximum absolute atomic E-state index is 12.2. The molecule has 2 N–H and O–H groups in total. The van der Waals surface area contributed by atoms with Gasteiger partial charge in [-0.05, 0) is 39.7 Å². The van der Waals surface area contributed by atoms with Gasteiger partial charge in [-0.25, -0.2) is 13.1 Å². The Morgan fingerprint density at radius 2 is 1.95 bits per heavy atom. The van der Waals surface area contributed by atoms with E-state index < -0.39 is 10.0 Å². The summed E-state index contributed by atoms with van der Waals surface area (Å²) in [6, 6.07) is 10.1. The smallest absolute Gasteiger partial charge is 0.241 e. The van der Waals surface area contributed by atoms with Crippen LogP contribution in [-0.4, -0.2) is 13.5 Å². The number of benzene rings is 1. The zero-order valence-electron chi connectivity index (χ0n) is 9.84. The third-order valence-corrected chi connectivity index (χ3v) is 5.62. The number of aliphatic hydroxyl groups excluding tert-OH is 1. The molecule has 19 heavy (non-hydrogen) atoms. The summed E-state index contributed by atoms with van der Waals surface area (Å²) in [7, 11) is -3.61. The van der Waals surface area contributed by atoms with E-state index in [0.717, 1.165) is 8.66 Å². The van der Waals surface area contributed by atoms with Crippen molar-refractivity contribution in [2.75, 3.05) is 0 Å². The minimum absolute atomic E-state index is 0.119. The zero-order chi connectivity index (χ0) is 13.9. The lowest BCUT2D eigenvalue weighted by molar-refractivity contribution is 0.278. The minimum Gasteiger partial charge on any atom is -0.392 e. The van der Waals surface area contributed by atoms with Crippen LogP contribution in [0.3, 0.4) is 0 Å². The third-order valence-electron chi connectivity index (χ3n) is 2.50. The molecule has 0 spiro atoms. The molecule has 4 nitrogen and oxygen atoms in total. The van der Waals surface area contributed by atoms with Gasteiger partial charge in [0.05, 0.1) is 15.3 Å². The SMILES string of the molecule is O=S(=O)(NCc1ccc(Br)s1)c1ccccc1CO. The van der Waals surface area contributed by atoms with E-state index in [9.17, 15) is 13.5 Å². The first kappa shape index (κ1) is 14.7. The molecule has 2 aromatic rings. The molecule has 0 aliphatic rings. The molecule has 0 fully saturated rings. The molecule has 0 saturated heterocycles. The van der Waals surface area contributed by atoms with Crippen molar-refractivity contribution in [1.82, 2.24) is 4.72 Å². The van der Waals surface area contributed by atoms with E-state index in [1.165, 1.54) is 17.4 Å². The van der Waals surface area contributed by atoms with Gasteiger partial charge in [0.25, 0.3) is 0 Å². The van der Waals surface area contributed by atoms with Gasteiger partial charge >= 0.3 is 0 Å². The summed E-state index contributed by atoms with van der Waals surface area (Å²) >= 11 is 4.80. The number of hydrogen-bond acceptors (Lipinski definition) is 4. The van der Waals surface area contributed by atoms with Crippen molar-refractivity contribution in [3.05, 3.63) is 50.6 Å².